The van der Waals surface area contributed by atoms with Crippen molar-refractivity contribution < 1.29 is 23.7 Å². The minimum Gasteiger partial charge on any atom is -0.493 e. The molecule has 1 amide bonds. The maximum absolute atomic E-state index is 12.3. The second-order valence-corrected chi connectivity index (χ2v) is 7.17. The number of hydrogen-bond acceptors (Lipinski definition) is 8. The standard InChI is InChI=1S/C20H19N3O6S/c1-27-17-8-3-13(11-19(17)28-2)18-12-16(22-29-18)20(24)21-9-10-30-15-6-4-14(5-7-15)23(25)26/h3-8,11-12H,9-10H2,1-2H3,(H,21,24). The smallest absolute Gasteiger partial charge is 0.273 e. The highest BCUT2D eigenvalue weighted by Gasteiger charge is 2.15. The Hall–Kier alpha value is -3.53. The zero-order valence-corrected chi connectivity index (χ0v) is 17.1. The molecule has 156 valence electrons. The molecule has 30 heavy (non-hydrogen) atoms. The van der Waals surface area contributed by atoms with Crippen LogP contribution >= 0.6 is 11.8 Å². The number of methoxy groups -OCH3 is 2. The van der Waals surface area contributed by atoms with E-state index < -0.39 is 4.92 Å². The molecule has 0 spiro atoms. The van der Waals surface area contributed by atoms with Crippen molar-refractivity contribution >= 4 is 23.4 Å². The Morgan fingerprint density at radius 1 is 1.13 bits per heavy atom. The number of nitrogens with one attached hydrogen (secondary N) is 1. The lowest BCUT2D eigenvalue weighted by Gasteiger charge is -2.07. The largest absolute Gasteiger partial charge is 0.493 e. The van der Waals surface area contributed by atoms with Gasteiger partial charge in [-0.15, -0.1) is 11.8 Å². The molecule has 10 heteroatoms. The summed E-state index contributed by atoms with van der Waals surface area (Å²) in [7, 11) is 3.09. The van der Waals surface area contributed by atoms with Gasteiger partial charge in [-0.25, -0.2) is 0 Å². The first-order valence-electron chi connectivity index (χ1n) is 8.86. The van der Waals surface area contributed by atoms with Crippen molar-refractivity contribution in [1.29, 1.82) is 0 Å². The molecule has 0 bridgehead atoms. The molecule has 0 radical (unpaired) electrons. The molecule has 2 aromatic carbocycles. The van der Waals surface area contributed by atoms with Crippen molar-refractivity contribution in [2.24, 2.45) is 0 Å². The molecule has 0 saturated carbocycles. The molecule has 1 aromatic heterocycles. The second kappa shape index (κ2) is 9.79. The summed E-state index contributed by atoms with van der Waals surface area (Å²) in [4.78, 5) is 23.4. The number of thioether (sulfide) groups is 1. The average Bonchev–Trinajstić information content (AvgIpc) is 3.27. The molecule has 1 heterocycles. The zero-order chi connectivity index (χ0) is 21.5. The molecule has 9 nitrogen and oxygen atoms in total. The summed E-state index contributed by atoms with van der Waals surface area (Å²) in [5.74, 6) is 1.81. The molecular formula is C20H19N3O6S. The predicted octanol–water partition coefficient (Wildman–Crippen LogP) is 3.79. The predicted molar refractivity (Wildman–Crippen MR) is 111 cm³/mol. The topological polar surface area (TPSA) is 117 Å². The first-order chi connectivity index (χ1) is 14.5. The number of nitro benzene ring substituents is 1. The Balaban J connectivity index is 1.53. The molecule has 0 aliphatic carbocycles. The first-order valence-corrected chi connectivity index (χ1v) is 9.85. The summed E-state index contributed by atoms with van der Waals surface area (Å²) in [6, 6.07) is 13.1. The van der Waals surface area contributed by atoms with E-state index in [9.17, 15) is 14.9 Å². The molecule has 0 aliphatic heterocycles. The summed E-state index contributed by atoms with van der Waals surface area (Å²) in [6.07, 6.45) is 0. The van der Waals surface area contributed by atoms with E-state index in [1.54, 1.807) is 43.5 Å². The molecule has 0 unspecified atom stereocenters. The summed E-state index contributed by atoms with van der Waals surface area (Å²) in [6.45, 7) is 0.402. The minimum absolute atomic E-state index is 0.0453. The molecule has 0 fully saturated rings. The number of nitrogens with zero attached hydrogens (tertiary/aromatic N) is 2. The van der Waals surface area contributed by atoms with Gasteiger partial charge in [0, 0.05) is 41.0 Å². The third-order valence-corrected chi connectivity index (χ3v) is 5.13. The highest BCUT2D eigenvalue weighted by molar-refractivity contribution is 7.99. The second-order valence-electron chi connectivity index (χ2n) is 6.00. The quantitative estimate of drug-likeness (QED) is 0.236. The van der Waals surface area contributed by atoms with Gasteiger partial charge < -0.3 is 19.3 Å². The summed E-state index contributed by atoms with van der Waals surface area (Å²) < 4.78 is 15.8. The van der Waals surface area contributed by atoms with Gasteiger partial charge in [0.1, 0.15) is 0 Å². The van der Waals surface area contributed by atoms with Crippen LogP contribution in [0.25, 0.3) is 11.3 Å². The van der Waals surface area contributed by atoms with Crippen LogP contribution in [0.1, 0.15) is 10.5 Å². The maximum atomic E-state index is 12.3. The third kappa shape index (κ3) is 5.09. The highest BCUT2D eigenvalue weighted by atomic mass is 32.2. The number of carbonyl (C=O) groups is 1. The zero-order valence-electron chi connectivity index (χ0n) is 16.3. The Morgan fingerprint density at radius 3 is 2.53 bits per heavy atom. The first kappa shape index (κ1) is 21.2. The summed E-state index contributed by atoms with van der Waals surface area (Å²) in [5, 5.41) is 17.3. The van der Waals surface area contributed by atoms with Crippen LogP contribution in [0.15, 0.2) is 57.9 Å². The summed E-state index contributed by atoms with van der Waals surface area (Å²) in [5.41, 5.74) is 0.914. The number of non-ortho nitro benzene ring substituents is 1. The lowest BCUT2D eigenvalue weighted by Crippen LogP contribution is -2.25. The average molecular weight is 429 g/mol. The molecule has 1 N–H and O–H groups in total. The van der Waals surface area contributed by atoms with E-state index in [-0.39, 0.29) is 17.3 Å². The third-order valence-electron chi connectivity index (χ3n) is 4.11. The minimum atomic E-state index is -0.442. The van der Waals surface area contributed by atoms with Crippen molar-refractivity contribution in [3.05, 3.63) is 64.3 Å². The number of hydrogen-bond donors (Lipinski definition) is 1. The number of amides is 1. The number of ether oxygens (including phenoxy) is 2. The van der Waals surface area contributed by atoms with E-state index >= 15 is 0 Å². The van der Waals surface area contributed by atoms with Crippen molar-refractivity contribution in [2.45, 2.75) is 4.90 Å². The van der Waals surface area contributed by atoms with Gasteiger partial charge in [0.05, 0.1) is 19.1 Å². The Labute approximate surface area is 176 Å². The van der Waals surface area contributed by atoms with Crippen LogP contribution in [-0.2, 0) is 0 Å². The number of rotatable bonds is 9. The van der Waals surface area contributed by atoms with Gasteiger partial charge in [0.2, 0.25) is 0 Å². The molecule has 0 saturated heterocycles. The van der Waals surface area contributed by atoms with Crippen LogP contribution in [-0.4, -0.2) is 42.5 Å². The normalized spacial score (nSPS) is 10.5. The number of carbonyl (C=O) groups excluding carboxylic acids is 1. The highest BCUT2D eigenvalue weighted by Crippen LogP contribution is 2.32. The fraction of sp³-hybridized carbons (Fsp3) is 0.200. The SMILES string of the molecule is COc1ccc(-c2cc(C(=O)NCCSc3ccc([N+](=O)[O-])cc3)no2)cc1OC. The Bertz CT molecular complexity index is 1040. The van der Waals surface area contributed by atoms with E-state index in [1.165, 1.54) is 31.0 Å². The number of aromatic nitrogens is 1. The fourth-order valence-corrected chi connectivity index (χ4v) is 3.36. The van der Waals surface area contributed by atoms with Crippen molar-refractivity contribution in [2.75, 3.05) is 26.5 Å². The van der Waals surface area contributed by atoms with Gasteiger partial charge in [-0.1, -0.05) is 5.16 Å². The van der Waals surface area contributed by atoms with Crippen LogP contribution in [0.4, 0.5) is 5.69 Å². The number of nitro groups is 1. The lowest BCUT2D eigenvalue weighted by atomic mass is 10.1. The van der Waals surface area contributed by atoms with E-state index in [1.807, 2.05) is 0 Å². The van der Waals surface area contributed by atoms with Gasteiger partial charge in [0.15, 0.2) is 23.0 Å². The van der Waals surface area contributed by atoms with Crippen LogP contribution in [0, 0.1) is 10.1 Å². The molecule has 0 aliphatic rings. The number of benzene rings is 2. The molecule has 3 aromatic rings. The van der Waals surface area contributed by atoms with Crippen molar-refractivity contribution in [3.8, 4) is 22.8 Å². The van der Waals surface area contributed by atoms with Gasteiger partial charge in [-0.05, 0) is 30.3 Å². The van der Waals surface area contributed by atoms with Crippen molar-refractivity contribution in [1.82, 2.24) is 10.5 Å². The Morgan fingerprint density at radius 2 is 1.87 bits per heavy atom. The monoisotopic (exact) mass is 429 g/mol. The van der Waals surface area contributed by atoms with Crippen LogP contribution in [0.3, 0.4) is 0 Å². The van der Waals surface area contributed by atoms with Crippen molar-refractivity contribution in [3.63, 3.8) is 0 Å². The van der Waals surface area contributed by atoms with Gasteiger partial charge >= 0.3 is 0 Å². The fourth-order valence-electron chi connectivity index (χ4n) is 2.60. The van der Waals surface area contributed by atoms with Crippen LogP contribution < -0.4 is 14.8 Å². The molecule has 0 atom stereocenters. The van der Waals surface area contributed by atoms with Gasteiger partial charge in [-0.2, -0.15) is 0 Å². The van der Waals surface area contributed by atoms with E-state index in [0.717, 1.165) is 4.90 Å². The molecular weight excluding hydrogens is 410 g/mol. The Kier molecular flexibility index (Phi) is 6.91. The summed E-state index contributed by atoms with van der Waals surface area (Å²) >= 11 is 1.48. The van der Waals surface area contributed by atoms with E-state index in [2.05, 4.69) is 10.5 Å². The van der Waals surface area contributed by atoms with Gasteiger partial charge in [-0.3, -0.25) is 14.9 Å². The molecule has 3 rings (SSSR count). The maximum Gasteiger partial charge on any atom is 0.273 e. The van der Waals surface area contributed by atoms with E-state index in [4.69, 9.17) is 14.0 Å². The van der Waals surface area contributed by atoms with Gasteiger partial charge in [0.25, 0.3) is 11.6 Å². The lowest BCUT2D eigenvalue weighted by molar-refractivity contribution is -0.384. The van der Waals surface area contributed by atoms with E-state index in [0.29, 0.717) is 35.1 Å². The van der Waals surface area contributed by atoms with Crippen LogP contribution in [0.2, 0.25) is 0 Å². The van der Waals surface area contributed by atoms with Crippen LogP contribution in [0.5, 0.6) is 11.5 Å².